The van der Waals surface area contributed by atoms with Gasteiger partial charge < -0.3 is 19.7 Å². The fourth-order valence-electron chi connectivity index (χ4n) is 3.53. The highest BCUT2D eigenvalue weighted by atomic mass is 19.4. The zero-order chi connectivity index (χ0) is 22.9. The first-order valence-electron chi connectivity index (χ1n) is 9.72. The topological polar surface area (TPSA) is 88.2 Å². The van der Waals surface area contributed by atoms with Crippen molar-refractivity contribution in [3.8, 4) is 11.5 Å². The van der Waals surface area contributed by atoms with Gasteiger partial charge in [-0.2, -0.15) is 13.2 Å². The van der Waals surface area contributed by atoms with Crippen LogP contribution in [-0.2, 0) is 9.53 Å². The van der Waals surface area contributed by atoms with Crippen LogP contribution in [0, 0.1) is 0 Å². The van der Waals surface area contributed by atoms with Crippen molar-refractivity contribution in [2.24, 2.45) is 0 Å². The van der Waals surface area contributed by atoms with Crippen molar-refractivity contribution in [2.75, 3.05) is 31.1 Å². The molecule has 32 heavy (non-hydrogen) atoms. The number of hydrogen-bond donors (Lipinski definition) is 1. The first-order valence-corrected chi connectivity index (χ1v) is 9.72. The average molecular weight is 449 g/mol. The van der Waals surface area contributed by atoms with Gasteiger partial charge >= 0.3 is 24.1 Å². The predicted molar refractivity (Wildman–Crippen MR) is 106 cm³/mol. The van der Waals surface area contributed by atoms with Gasteiger partial charge in [0.25, 0.3) is 0 Å². The third-order valence-corrected chi connectivity index (χ3v) is 5.11. The molecule has 8 nitrogen and oxygen atoms in total. The maximum absolute atomic E-state index is 12.6. The predicted octanol–water partition coefficient (Wildman–Crippen LogP) is 2.94. The summed E-state index contributed by atoms with van der Waals surface area (Å²) in [6.45, 7) is 2.81. The van der Waals surface area contributed by atoms with E-state index in [4.69, 9.17) is 4.74 Å². The van der Waals surface area contributed by atoms with Crippen LogP contribution in [0.4, 0.5) is 23.7 Å². The smallest absolute Gasteiger partial charge is 0.457 e. The molecule has 4 rings (SSSR count). The van der Waals surface area contributed by atoms with E-state index in [1.54, 1.807) is 29.2 Å². The van der Waals surface area contributed by atoms with Crippen molar-refractivity contribution >= 4 is 23.7 Å². The van der Waals surface area contributed by atoms with Gasteiger partial charge in [-0.25, -0.2) is 14.4 Å². The largest absolute Gasteiger partial charge is 0.491 e. The summed E-state index contributed by atoms with van der Waals surface area (Å²) >= 11 is 0. The number of urea groups is 1. The molecule has 0 bridgehead atoms. The minimum Gasteiger partial charge on any atom is -0.457 e. The third kappa shape index (κ3) is 4.52. The van der Waals surface area contributed by atoms with Crippen LogP contribution < -0.4 is 15.0 Å². The molecule has 0 radical (unpaired) electrons. The molecule has 0 aliphatic carbocycles. The Balaban J connectivity index is 1.37. The van der Waals surface area contributed by atoms with E-state index >= 15 is 0 Å². The van der Waals surface area contributed by atoms with Gasteiger partial charge in [-0.1, -0.05) is 0 Å². The Morgan fingerprint density at radius 2 is 1.62 bits per heavy atom. The Kier molecular flexibility index (Phi) is 5.74. The SMILES string of the molecule is O=C(OC(=O)C(F)(F)F)c1ccc(Oc2ccc(N3C[C@@H]4CNCCN4C3=O)cc2)cc1. The van der Waals surface area contributed by atoms with Crippen molar-refractivity contribution in [2.45, 2.75) is 12.2 Å². The number of amides is 2. The Bertz CT molecular complexity index is 1020. The summed E-state index contributed by atoms with van der Waals surface area (Å²) in [4.78, 5) is 38.5. The van der Waals surface area contributed by atoms with Gasteiger partial charge in [0, 0.05) is 31.9 Å². The number of nitrogens with one attached hydrogen (secondary N) is 1. The number of alkyl halides is 3. The second kappa shape index (κ2) is 8.50. The second-order valence-electron chi connectivity index (χ2n) is 7.24. The van der Waals surface area contributed by atoms with E-state index in [1.807, 2.05) is 4.90 Å². The van der Waals surface area contributed by atoms with E-state index in [1.165, 1.54) is 24.3 Å². The van der Waals surface area contributed by atoms with Crippen molar-refractivity contribution in [3.05, 3.63) is 54.1 Å². The van der Waals surface area contributed by atoms with Crippen molar-refractivity contribution in [1.29, 1.82) is 0 Å². The van der Waals surface area contributed by atoms with Gasteiger partial charge in [0.1, 0.15) is 11.5 Å². The van der Waals surface area contributed by atoms with E-state index < -0.39 is 18.1 Å². The average Bonchev–Trinajstić information content (AvgIpc) is 3.11. The highest BCUT2D eigenvalue weighted by Crippen LogP contribution is 2.29. The van der Waals surface area contributed by atoms with Gasteiger partial charge in [-0.15, -0.1) is 0 Å². The number of anilines is 1. The minimum absolute atomic E-state index is 0.0309. The molecule has 0 saturated carbocycles. The quantitative estimate of drug-likeness (QED) is 0.571. The molecule has 2 amide bonds. The van der Waals surface area contributed by atoms with Crippen LogP contribution in [0.25, 0.3) is 0 Å². The Labute approximate surface area is 180 Å². The van der Waals surface area contributed by atoms with Gasteiger partial charge in [-0.05, 0) is 48.5 Å². The molecular formula is C21H18F3N3O5. The molecule has 2 heterocycles. The van der Waals surface area contributed by atoms with E-state index in [0.29, 0.717) is 24.6 Å². The van der Waals surface area contributed by atoms with E-state index in [-0.39, 0.29) is 17.6 Å². The zero-order valence-corrected chi connectivity index (χ0v) is 16.6. The fraction of sp³-hybridized carbons (Fsp3) is 0.286. The van der Waals surface area contributed by atoms with Crippen LogP contribution in [0.3, 0.4) is 0 Å². The molecule has 0 unspecified atom stereocenters. The Morgan fingerprint density at radius 3 is 2.22 bits per heavy atom. The molecule has 1 atom stereocenters. The molecule has 2 aliphatic rings. The van der Waals surface area contributed by atoms with Crippen molar-refractivity contribution in [3.63, 3.8) is 0 Å². The number of halogens is 3. The number of benzene rings is 2. The molecule has 0 aromatic heterocycles. The molecular weight excluding hydrogens is 431 g/mol. The van der Waals surface area contributed by atoms with Crippen LogP contribution in [0.5, 0.6) is 11.5 Å². The maximum atomic E-state index is 12.6. The molecule has 2 aliphatic heterocycles. The van der Waals surface area contributed by atoms with Crippen LogP contribution in [0.15, 0.2) is 48.5 Å². The Morgan fingerprint density at radius 1 is 1.00 bits per heavy atom. The van der Waals surface area contributed by atoms with Crippen LogP contribution in [0.2, 0.25) is 0 Å². The number of esters is 2. The van der Waals surface area contributed by atoms with Crippen LogP contribution in [-0.4, -0.2) is 61.3 Å². The fourth-order valence-corrected chi connectivity index (χ4v) is 3.53. The summed E-state index contributed by atoms with van der Waals surface area (Å²) in [5.74, 6) is -3.21. The molecule has 11 heteroatoms. The lowest BCUT2D eigenvalue weighted by atomic mass is 10.2. The molecule has 2 fully saturated rings. The van der Waals surface area contributed by atoms with Crippen molar-refractivity contribution < 1.29 is 37.0 Å². The van der Waals surface area contributed by atoms with Crippen LogP contribution in [0.1, 0.15) is 10.4 Å². The number of rotatable bonds is 4. The number of piperazine rings is 1. The molecule has 168 valence electrons. The minimum atomic E-state index is -5.25. The number of carbonyl (C=O) groups excluding carboxylic acids is 3. The van der Waals surface area contributed by atoms with Crippen LogP contribution >= 0.6 is 0 Å². The highest BCUT2D eigenvalue weighted by Gasteiger charge is 2.42. The van der Waals surface area contributed by atoms with Gasteiger partial charge in [0.05, 0.1) is 11.6 Å². The third-order valence-electron chi connectivity index (χ3n) is 5.11. The summed E-state index contributed by atoms with van der Waals surface area (Å²) in [5.41, 5.74) is 0.507. The molecule has 0 spiro atoms. The lowest BCUT2D eigenvalue weighted by Crippen LogP contribution is -2.49. The summed E-state index contributed by atoms with van der Waals surface area (Å²) in [6.07, 6.45) is -5.25. The van der Waals surface area contributed by atoms with Gasteiger partial charge in [0.2, 0.25) is 0 Å². The van der Waals surface area contributed by atoms with E-state index in [2.05, 4.69) is 10.1 Å². The molecule has 2 aromatic rings. The molecule has 2 saturated heterocycles. The number of ether oxygens (including phenoxy) is 2. The number of nitrogens with zero attached hydrogens (tertiary/aromatic N) is 2. The normalized spacial score (nSPS) is 18.3. The summed E-state index contributed by atoms with van der Waals surface area (Å²) < 4.78 is 46.0. The first-order chi connectivity index (χ1) is 15.2. The van der Waals surface area contributed by atoms with Gasteiger partial charge in [0.15, 0.2) is 0 Å². The summed E-state index contributed by atoms with van der Waals surface area (Å²) in [7, 11) is 0. The number of carbonyl (C=O) groups is 3. The number of hydrogen-bond acceptors (Lipinski definition) is 6. The maximum Gasteiger partial charge on any atom is 0.491 e. The standard InChI is InChI=1S/C21H18F3N3O5/c22-21(23,24)19(29)32-18(28)13-1-5-16(6-2-13)31-17-7-3-14(4-8-17)27-12-15-11-25-9-10-26(15)20(27)30/h1-8,15,25H,9-12H2/t15-/m0/s1. The molecule has 2 aromatic carbocycles. The van der Waals surface area contributed by atoms with Crippen molar-refractivity contribution in [1.82, 2.24) is 10.2 Å². The summed E-state index contributed by atoms with van der Waals surface area (Å²) in [5, 5.41) is 3.28. The van der Waals surface area contributed by atoms with E-state index in [0.717, 1.165) is 18.8 Å². The monoisotopic (exact) mass is 449 g/mol. The van der Waals surface area contributed by atoms with Gasteiger partial charge in [-0.3, -0.25) is 4.90 Å². The van der Waals surface area contributed by atoms with E-state index in [9.17, 15) is 27.6 Å². The second-order valence-corrected chi connectivity index (χ2v) is 7.24. The highest BCUT2D eigenvalue weighted by molar-refractivity contribution is 5.98. The summed E-state index contributed by atoms with van der Waals surface area (Å²) in [6, 6.07) is 12.1. The zero-order valence-electron chi connectivity index (χ0n) is 16.6. The Hall–Kier alpha value is -3.60. The molecule has 1 N–H and O–H groups in total. The lowest BCUT2D eigenvalue weighted by Gasteiger charge is -2.28. The first kappa shape index (κ1) is 21.6. The lowest BCUT2D eigenvalue weighted by molar-refractivity contribution is -0.193. The number of fused-ring (bicyclic) bond motifs is 1.